The summed E-state index contributed by atoms with van der Waals surface area (Å²) < 4.78 is 37.9. The molecule has 0 saturated carbocycles. The number of nitrogens with one attached hydrogen (secondary N) is 1. The zero-order chi connectivity index (χ0) is 12.2. The minimum absolute atomic E-state index is 0.224. The Balaban J connectivity index is 2.87. The molecule has 0 aliphatic rings. The Morgan fingerprint density at radius 1 is 1.56 bits per heavy atom. The van der Waals surface area contributed by atoms with E-state index in [-0.39, 0.29) is 17.3 Å². The highest BCUT2D eigenvalue weighted by atomic mass is 32.2. The fourth-order valence-electron chi connectivity index (χ4n) is 0.922. The van der Waals surface area contributed by atoms with Crippen molar-refractivity contribution in [1.29, 1.82) is 0 Å². The van der Waals surface area contributed by atoms with Crippen molar-refractivity contribution in [2.24, 2.45) is 10.9 Å². The van der Waals surface area contributed by atoms with Gasteiger partial charge in [-0.25, -0.2) is 17.5 Å². The molecule has 6 nitrogen and oxygen atoms in total. The van der Waals surface area contributed by atoms with E-state index in [1.807, 2.05) is 4.72 Å². The van der Waals surface area contributed by atoms with E-state index in [1.165, 1.54) is 12.1 Å². The first-order valence-corrected chi connectivity index (χ1v) is 5.65. The van der Waals surface area contributed by atoms with Crippen LogP contribution in [0.2, 0.25) is 0 Å². The summed E-state index contributed by atoms with van der Waals surface area (Å²) in [5, 5.41) is 10.8. The third-order valence-corrected chi connectivity index (χ3v) is 3.08. The van der Waals surface area contributed by atoms with E-state index in [1.54, 1.807) is 0 Å². The summed E-state index contributed by atoms with van der Waals surface area (Å²) in [5.74, 6) is -0.952. The lowest BCUT2D eigenvalue weighted by Gasteiger charge is -2.05. The molecule has 0 aromatic heterocycles. The van der Waals surface area contributed by atoms with Crippen molar-refractivity contribution in [3.63, 3.8) is 0 Å². The van der Waals surface area contributed by atoms with E-state index < -0.39 is 15.8 Å². The van der Waals surface area contributed by atoms with Crippen LogP contribution in [0.5, 0.6) is 0 Å². The number of benzene rings is 1. The smallest absolute Gasteiger partial charge is 0.241 e. The maximum absolute atomic E-state index is 12.8. The second-order valence-corrected chi connectivity index (χ2v) is 4.64. The molecular weight excluding hydrogens is 237 g/mol. The van der Waals surface area contributed by atoms with E-state index in [9.17, 15) is 12.8 Å². The quantitative estimate of drug-likeness (QED) is 0.298. The second-order valence-electron chi connectivity index (χ2n) is 2.87. The first kappa shape index (κ1) is 12.4. The van der Waals surface area contributed by atoms with Crippen LogP contribution in [0.3, 0.4) is 0 Å². The van der Waals surface area contributed by atoms with E-state index in [4.69, 9.17) is 10.9 Å². The third-order valence-electron chi connectivity index (χ3n) is 1.68. The normalized spacial score (nSPS) is 12.7. The molecule has 0 spiro atoms. The van der Waals surface area contributed by atoms with Gasteiger partial charge in [0.05, 0.1) is 11.4 Å². The number of nitrogens with zero attached hydrogens (tertiary/aromatic N) is 1. The molecule has 1 aromatic rings. The van der Waals surface area contributed by atoms with Gasteiger partial charge in [0.25, 0.3) is 0 Å². The topological polar surface area (TPSA) is 105 Å². The Morgan fingerprint density at radius 2 is 2.25 bits per heavy atom. The fraction of sp³-hybridized carbons (Fsp3) is 0.125. The molecule has 0 radical (unpaired) electrons. The number of sulfonamides is 1. The minimum Gasteiger partial charge on any atom is -0.409 e. The SMILES string of the molecule is N/C(CNS(=O)(=O)c1cccc(F)c1)=N\O. The first-order valence-electron chi connectivity index (χ1n) is 4.17. The van der Waals surface area contributed by atoms with Gasteiger partial charge in [-0.15, -0.1) is 0 Å². The maximum Gasteiger partial charge on any atom is 0.241 e. The van der Waals surface area contributed by atoms with E-state index in [2.05, 4.69) is 5.16 Å². The van der Waals surface area contributed by atoms with Crippen molar-refractivity contribution in [2.45, 2.75) is 4.90 Å². The molecule has 0 saturated heterocycles. The second kappa shape index (κ2) is 4.90. The molecule has 0 amide bonds. The summed E-state index contributed by atoms with van der Waals surface area (Å²) >= 11 is 0. The average Bonchev–Trinajstić information content (AvgIpc) is 2.26. The number of halogens is 1. The zero-order valence-corrected chi connectivity index (χ0v) is 8.91. The third kappa shape index (κ3) is 3.17. The largest absolute Gasteiger partial charge is 0.409 e. The Labute approximate surface area is 91.6 Å². The summed E-state index contributed by atoms with van der Waals surface area (Å²) in [6.07, 6.45) is 0. The molecule has 88 valence electrons. The molecule has 0 heterocycles. The summed E-state index contributed by atoms with van der Waals surface area (Å²) in [5.41, 5.74) is 5.09. The van der Waals surface area contributed by atoms with Crippen LogP contribution in [0.1, 0.15) is 0 Å². The summed E-state index contributed by atoms with van der Waals surface area (Å²) in [6, 6.07) is 4.50. The van der Waals surface area contributed by atoms with Crippen LogP contribution in [0.4, 0.5) is 4.39 Å². The van der Waals surface area contributed by atoms with E-state index in [0.29, 0.717) is 0 Å². The van der Waals surface area contributed by atoms with E-state index >= 15 is 0 Å². The summed E-state index contributed by atoms with van der Waals surface area (Å²) in [7, 11) is -3.85. The van der Waals surface area contributed by atoms with Gasteiger partial charge in [-0.3, -0.25) is 0 Å². The molecule has 4 N–H and O–H groups in total. The van der Waals surface area contributed by atoms with Crippen LogP contribution < -0.4 is 10.5 Å². The van der Waals surface area contributed by atoms with Crippen molar-refractivity contribution in [3.8, 4) is 0 Å². The highest BCUT2D eigenvalue weighted by Crippen LogP contribution is 2.09. The lowest BCUT2D eigenvalue weighted by Crippen LogP contribution is -2.33. The van der Waals surface area contributed by atoms with Gasteiger partial charge in [0, 0.05) is 0 Å². The average molecular weight is 247 g/mol. The van der Waals surface area contributed by atoms with Crippen molar-refractivity contribution in [1.82, 2.24) is 4.72 Å². The van der Waals surface area contributed by atoms with Gasteiger partial charge in [-0.2, -0.15) is 0 Å². The number of hydrogen-bond acceptors (Lipinski definition) is 4. The van der Waals surface area contributed by atoms with Gasteiger partial charge in [0.2, 0.25) is 10.0 Å². The van der Waals surface area contributed by atoms with Gasteiger partial charge in [-0.1, -0.05) is 11.2 Å². The molecule has 1 rings (SSSR count). The monoisotopic (exact) mass is 247 g/mol. The van der Waals surface area contributed by atoms with Crippen molar-refractivity contribution in [2.75, 3.05) is 6.54 Å². The highest BCUT2D eigenvalue weighted by Gasteiger charge is 2.14. The Kier molecular flexibility index (Phi) is 3.80. The lowest BCUT2D eigenvalue weighted by molar-refractivity contribution is 0.317. The zero-order valence-electron chi connectivity index (χ0n) is 8.09. The number of amidine groups is 1. The van der Waals surface area contributed by atoms with Crippen LogP contribution in [0, 0.1) is 5.82 Å². The molecule has 0 unspecified atom stereocenters. The number of hydrogen-bond donors (Lipinski definition) is 3. The number of rotatable bonds is 4. The molecule has 0 fully saturated rings. The van der Waals surface area contributed by atoms with Gasteiger partial charge < -0.3 is 10.9 Å². The molecular formula is C8H10FN3O3S. The van der Waals surface area contributed by atoms with Gasteiger partial charge in [-0.05, 0) is 18.2 Å². The summed E-state index contributed by atoms with van der Waals surface area (Å²) in [6.45, 7) is -0.352. The molecule has 1 aromatic carbocycles. The first-order chi connectivity index (χ1) is 7.45. The van der Waals surface area contributed by atoms with Gasteiger partial charge >= 0.3 is 0 Å². The molecule has 0 aliphatic heterocycles. The minimum atomic E-state index is -3.85. The van der Waals surface area contributed by atoms with Gasteiger partial charge in [0.1, 0.15) is 5.82 Å². The van der Waals surface area contributed by atoms with Crippen LogP contribution in [-0.4, -0.2) is 26.0 Å². The number of nitrogens with two attached hydrogens (primary N) is 1. The maximum atomic E-state index is 12.8. The molecule has 0 atom stereocenters. The molecule has 8 heteroatoms. The van der Waals surface area contributed by atoms with Crippen LogP contribution >= 0.6 is 0 Å². The lowest BCUT2D eigenvalue weighted by atomic mass is 10.4. The Bertz CT molecular complexity index is 501. The van der Waals surface area contributed by atoms with Crippen molar-refractivity contribution >= 4 is 15.9 Å². The molecule has 0 aliphatic carbocycles. The van der Waals surface area contributed by atoms with Gasteiger partial charge in [0.15, 0.2) is 5.84 Å². The number of oxime groups is 1. The molecule has 16 heavy (non-hydrogen) atoms. The van der Waals surface area contributed by atoms with Crippen molar-refractivity contribution in [3.05, 3.63) is 30.1 Å². The Morgan fingerprint density at radius 3 is 2.81 bits per heavy atom. The summed E-state index contributed by atoms with van der Waals surface area (Å²) in [4.78, 5) is -0.224. The van der Waals surface area contributed by atoms with Crippen LogP contribution in [0.15, 0.2) is 34.3 Å². The standard InChI is InChI=1S/C8H10FN3O3S/c9-6-2-1-3-7(4-6)16(14,15)11-5-8(10)12-13/h1-4,11,13H,5H2,(H2,10,12). The fourth-order valence-corrected chi connectivity index (χ4v) is 1.95. The highest BCUT2D eigenvalue weighted by molar-refractivity contribution is 7.89. The molecule has 0 bridgehead atoms. The van der Waals surface area contributed by atoms with Crippen LogP contribution in [-0.2, 0) is 10.0 Å². The predicted molar refractivity (Wildman–Crippen MR) is 55.0 cm³/mol. The Hall–Kier alpha value is -1.67. The van der Waals surface area contributed by atoms with Crippen LogP contribution in [0.25, 0.3) is 0 Å². The predicted octanol–water partition coefficient (Wildman–Crippen LogP) is -0.150. The van der Waals surface area contributed by atoms with E-state index in [0.717, 1.165) is 12.1 Å². The van der Waals surface area contributed by atoms with Crippen molar-refractivity contribution < 1.29 is 18.0 Å².